The normalized spacial score (nSPS) is 18.8. The second kappa shape index (κ2) is 9.64. The Morgan fingerprint density at radius 2 is 1.72 bits per heavy atom. The van der Waals surface area contributed by atoms with Gasteiger partial charge in [-0.1, -0.05) is 73.0 Å². The highest BCUT2D eigenvalue weighted by Crippen LogP contribution is 2.31. The van der Waals surface area contributed by atoms with Crippen LogP contribution in [0.2, 0.25) is 0 Å². The van der Waals surface area contributed by atoms with Crippen molar-refractivity contribution in [2.75, 3.05) is 0 Å². The Morgan fingerprint density at radius 3 is 2.17 bits per heavy atom. The Balaban J connectivity index is 4.43. The van der Waals surface area contributed by atoms with Crippen LogP contribution in [0.4, 0.5) is 0 Å². The fourth-order valence-corrected chi connectivity index (χ4v) is 2.39. The summed E-state index contributed by atoms with van der Waals surface area (Å²) in [7, 11) is 0. The van der Waals surface area contributed by atoms with Crippen LogP contribution in [0.25, 0.3) is 0 Å². The summed E-state index contributed by atoms with van der Waals surface area (Å²) in [5.41, 5.74) is 0.429. The molecule has 0 nitrogen and oxygen atoms in total. The van der Waals surface area contributed by atoms with E-state index in [1.54, 1.807) is 0 Å². The third-order valence-electron chi connectivity index (χ3n) is 4.61. The maximum absolute atomic E-state index is 2.53. The zero-order chi connectivity index (χ0) is 14.0. The third-order valence-corrected chi connectivity index (χ3v) is 4.61. The van der Waals surface area contributed by atoms with Gasteiger partial charge in [0, 0.05) is 0 Å². The zero-order valence-corrected chi connectivity index (χ0v) is 13.8. The monoisotopic (exact) mass is 252 g/mol. The highest BCUT2D eigenvalue weighted by molar-refractivity contribution is 4.99. The van der Waals surface area contributed by atoms with Gasteiger partial charge in [-0.05, 0) is 42.9 Å². The lowest BCUT2D eigenvalue weighted by atomic mass is 9.80. The van der Waals surface area contributed by atoms with E-state index in [-0.39, 0.29) is 0 Å². The minimum Gasteiger partial charge on any atom is -0.0849 e. The van der Waals surface area contributed by atoms with Gasteiger partial charge in [0.1, 0.15) is 0 Å². The van der Waals surface area contributed by atoms with Crippen molar-refractivity contribution in [3.8, 4) is 0 Å². The molecule has 18 heavy (non-hydrogen) atoms. The van der Waals surface area contributed by atoms with E-state index in [1.807, 2.05) is 0 Å². The number of rotatable bonds is 10. The number of hydrogen-bond acceptors (Lipinski definition) is 0. The van der Waals surface area contributed by atoms with Gasteiger partial charge in [-0.3, -0.25) is 0 Å². The quantitative estimate of drug-likeness (QED) is 0.384. The molecule has 0 aliphatic rings. The second-order valence-electron chi connectivity index (χ2n) is 6.39. The summed E-state index contributed by atoms with van der Waals surface area (Å²) < 4.78 is 0. The van der Waals surface area contributed by atoms with Gasteiger partial charge in [0.05, 0.1) is 0 Å². The van der Waals surface area contributed by atoms with E-state index in [0.717, 1.165) is 11.8 Å². The molecule has 0 rings (SSSR count). The number of allylic oxidation sites excluding steroid dienone is 2. The van der Waals surface area contributed by atoms with E-state index in [4.69, 9.17) is 0 Å². The van der Waals surface area contributed by atoms with Gasteiger partial charge in [0.15, 0.2) is 0 Å². The molecule has 0 aliphatic carbocycles. The third kappa shape index (κ3) is 7.24. The molecule has 0 heterocycles. The van der Waals surface area contributed by atoms with E-state index < -0.39 is 0 Å². The molecule has 0 fully saturated rings. The topological polar surface area (TPSA) is 0 Å². The minimum absolute atomic E-state index is 0.429. The zero-order valence-electron chi connectivity index (χ0n) is 13.8. The van der Waals surface area contributed by atoms with E-state index in [1.165, 1.54) is 44.9 Å². The first-order valence-electron chi connectivity index (χ1n) is 8.20. The van der Waals surface area contributed by atoms with Gasteiger partial charge in [-0.2, -0.15) is 0 Å². The van der Waals surface area contributed by atoms with E-state index >= 15 is 0 Å². The summed E-state index contributed by atoms with van der Waals surface area (Å²) in [5, 5.41) is 0. The van der Waals surface area contributed by atoms with Crippen LogP contribution in [-0.2, 0) is 0 Å². The Labute approximate surface area is 116 Å². The highest BCUT2D eigenvalue weighted by Gasteiger charge is 2.18. The molecule has 0 aliphatic heterocycles. The summed E-state index contributed by atoms with van der Waals surface area (Å²) in [4.78, 5) is 0. The maximum atomic E-state index is 2.53. The first-order valence-corrected chi connectivity index (χ1v) is 8.20. The molecular formula is C18H36. The van der Waals surface area contributed by atoms with Gasteiger partial charge in [-0.25, -0.2) is 0 Å². The largest absolute Gasteiger partial charge is 0.0849 e. The Hall–Kier alpha value is -0.260. The van der Waals surface area contributed by atoms with Crippen LogP contribution >= 0.6 is 0 Å². The Morgan fingerprint density at radius 1 is 1.06 bits per heavy atom. The van der Waals surface area contributed by atoms with Crippen LogP contribution in [0.1, 0.15) is 86.5 Å². The first kappa shape index (κ1) is 17.7. The van der Waals surface area contributed by atoms with E-state index in [2.05, 4.69) is 53.7 Å². The molecular weight excluding hydrogens is 216 g/mol. The predicted molar refractivity (Wildman–Crippen MR) is 84.9 cm³/mol. The van der Waals surface area contributed by atoms with Crippen molar-refractivity contribution in [3.05, 3.63) is 12.2 Å². The SMILES string of the molecule is CCCCC(C)(C=CC(CC)CC(C)CC)CC. The minimum atomic E-state index is 0.429. The molecule has 0 amide bonds. The lowest BCUT2D eigenvalue weighted by Crippen LogP contribution is -2.12. The highest BCUT2D eigenvalue weighted by atomic mass is 14.2. The van der Waals surface area contributed by atoms with Crippen LogP contribution in [0.15, 0.2) is 12.2 Å². The number of unbranched alkanes of at least 4 members (excludes halogenated alkanes) is 1. The van der Waals surface area contributed by atoms with Gasteiger partial charge in [-0.15, -0.1) is 0 Å². The van der Waals surface area contributed by atoms with Crippen molar-refractivity contribution < 1.29 is 0 Å². The first-order chi connectivity index (χ1) is 8.51. The van der Waals surface area contributed by atoms with Crippen molar-refractivity contribution >= 4 is 0 Å². The van der Waals surface area contributed by atoms with Crippen LogP contribution < -0.4 is 0 Å². The van der Waals surface area contributed by atoms with Crippen LogP contribution in [0.3, 0.4) is 0 Å². The summed E-state index contributed by atoms with van der Waals surface area (Å²) in [6, 6.07) is 0. The molecule has 0 saturated carbocycles. The molecule has 108 valence electrons. The van der Waals surface area contributed by atoms with Gasteiger partial charge in [0.25, 0.3) is 0 Å². The average Bonchev–Trinajstić information content (AvgIpc) is 2.40. The van der Waals surface area contributed by atoms with E-state index in [9.17, 15) is 0 Å². The molecule has 0 saturated heterocycles. The second-order valence-corrected chi connectivity index (χ2v) is 6.39. The molecule has 0 heteroatoms. The molecule has 0 radical (unpaired) electrons. The molecule has 0 bridgehead atoms. The summed E-state index contributed by atoms with van der Waals surface area (Å²) >= 11 is 0. The van der Waals surface area contributed by atoms with E-state index in [0.29, 0.717) is 5.41 Å². The average molecular weight is 252 g/mol. The molecule has 0 N–H and O–H groups in total. The van der Waals surface area contributed by atoms with Crippen LogP contribution in [0, 0.1) is 17.3 Å². The fraction of sp³-hybridized carbons (Fsp3) is 0.889. The summed E-state index contributed by atoms with van der Waals surface area (Å²) in [5.74, 6) is 1.65. The van der Waals surface area contributed by atoms with Crippen molar-refractivity contribution in [2.24, 2.45) is 17.3 Å². The smallest absolute Gasteiger partial charge is 0.0149 e. The molecule has 3 atom stereocenters. The predicted octanol–water partition coefficient (Wildman–Crippen LogP) is 6.61. The molecule has 0 aromatic rings. The van der Waals surface area contributed by atoms with Crippen LogP contribution in [-0.4, -0.2) is 0 Å². The van der Waals surface area contributed by atoms with Crippen LogP contribution in [0.5, 0.6) is 0 Å². The molecule has 0 aromatic heterocycles. The molecule has 0 spiro atoms. The van der Waals surface area contributed by atoms with Crippen molar-refractivity contribution in [3.63, 3.8) is 0 Å². The van der Waals surface area contributed by atoms with Gasteiger partial charge in [0.2, 0.25) is 0 Å². The lowest BCUT2D eigenvalue weighted by Gasteiger charge is -2.25. The van der Waals surface area contributed by atoms with Gasteiger partial charge >= 0.3 is 0 Å². The standard InChI is InChI=1S/C18H36/c1-7-11-13-18(6,10-4)14-12-17(9-3)15-16(5)8-2/h12,14,16-17H,7-11,13,15H2,1-6H3. The number of hydrogen-bond donors (Lipinski definition) is 0. The summed E-state index contributed by atoms with van der Waals surface area (Å²) in [6.45, 7) is 14.1. The molecule has 3 unspecified atom stereocenters. The lowest BCUT2D eigenvalue weighted by molar-refractivity contribution is 0.357. The summed E-state index contributed by atoms with van der Waals surface area (Å²) in [6.07, 6.45) is 14.3. The van der Waals surface area contributed by atoms with Gasteiger partial charge < -0.3 is 0 Å². The van der Waals surface area contributed by atoms with Crippen molar-refractivity contribution in [1.29, 1.82) is 0 Å². The van der Waals surface area contributed by atoms with Crippen molar-refractivity contribution in [2.45, 2.75) is 86.5 Å². The maximum Gasteiger partial charge on any atom is -0.0149 e. The Bertz CT molecular complexity index is 216. The van der Waals surface area contributed by atoms with Crippen molar-refractivity contribution in [1.82, 2.24) is 0 Å². The Kier molecular flexibility index (Phi) is 9.50. The fourth-order valence-electron chi connectivity index (χ4n) is 2.39. The molecule has 0 aromatic carbocycles.